The molecule has 0 radical (unpaired) electrons. The number of hydrogen-bond donors (Lipinski definition) is 2. The molecule has 0 aromatic heterocycles. The van der Waals surface area contributed by atoms with Crippen molar-refractivity contribution in [2.75, 3.05) is 0 Å². The minimum Gasteiger partial charge on any atom is -0.425 e. The smallest absolute Gasteiger partial charge is 0.337 e. The predicted molar refractivity (Wildman–Crippen MR) is 68.9 cm³/mol. The number of carbonyl (C=O) groups is 1. The van der Waals surface area contributed by atoms with Gasteiger partial charge in [0.2, 0.25) is 5.79 Å². The molecule has 0 spiro atoms. The second-order valence-electron chi connectivity index (χ2n) is 6.00. The van der Waals surface area contributed by atoms with Crippen LogP contribution in [-0.4, -0.2) is 28.1 Å². The Kier molecular flexibility index (Phi) is 2.38. The minimum absolute atomic E-state index is 0.205. The molecule has 0 saturated heterocycles. The number of fused-ring (bicyclic) bond motifs is 2. The van der Waals surface area contributed by atoms with Crippen LogP contribution < -0.4 is 0 Å². The topological polar surface area (TPSA) is 66.8 Å². The van der Waals surface area contributed by atoms with Crippen molar-refractivity contribution in [3.63, 3.8) is 0 Å². The van der Waals surface area contributed by atoms with Gasteiger partial charge in [-0.1, -0.05) is 18.6 Å². The van der Waals surface area contributed by atoms with Crippen LogP contribution in [0.1, 0.15) is 33.6 Å². The molecule has 0 bridgehead atoms. The van der Waals surface area contributed by atoms with E-state index in [-0.39, 0.29) is 6.42 Å². The largest absolute Gasteiger partial charge is 0.425 e. The maximum absolute atomic E-state index is 11.7. The first-order valence-corrected chi connectivity index (χ1v) is 6.52. The van der Waals surface area contributed by atoms with Crippen molar-refractivity contribution in [3.8, 4) is 0 Å². The van der Waals surface area contributed by atoms with Gasteiger partial charge in [0.1, 0.15) is 0 Å². The molecule has 3 rings (SSSR count). The Bertz CT molecular complexity index is 569. The summed E-state index contributed by atoms with van der Waals surface area (Å²) in [6.07, 6.45) is 4.00. The average molecular weight is 262 g/mol. The third-order valence-electron chi connectivity index (χ3n) is 4.71. The molecule has 3 atom stereocenters. The highest BCUT2D eigenvalue weighted by atomic mass is 16.7. The summed E-state index contributed by atoms with van der Waals surface area (Å²) in [5.41, 5.74) is 2.48. The SMILES string of the molecule is CC1=CCC(O)C2(C)CC3(O)OC(=O)C(C)=C3C=C12. The zero-order valence-electron chi connectivity index (χ0n) is 11.4. The number of ether oxygens (including phenoxy) is 1. The first-order chi connectivity index (χ1) is 8.78. The molecule has 1 heterocycles. The highest BCUT2D eigenvalue weighted by Gasteiger charge is 2.55. The minimum atomic E-state index is -1.59. The molecular formula is C15H18O4. The van der Waals surface area contributed by atoms with Gasteiger partial charge in [-0.25, -0.2) is 4.79 Å². The van der Waals surface area contributed by atoms with Crippen molar-refractivity contribution in [2.45, 2.75) is 45.5 Å². The number of esters is 1. The molecule has 4 heteroatoms. The van der Waals surface area contributed by atoms with E-state index < -0.39 is 23.3 Å². The van der Waals surface area contributed by atoms with Gasteiger partial charge in [0, 0.05) is 23.0 Å². The van der Waals surface area contributed by atoms with Gasteiger partial charge in [0.25, 0.3) is 0 Å². The van der Waals surface area contributed by atoms with E-state index in [1.54, 1.807) is 6.92 Å². The van der Waals surface area contributed by atoms with Gasteiger partial charge in [-0.3, -0.25) is 0 Å². The fourth-order valence-corrected chi connectivity index (χ4v) is 3.46. The molecular weight excluding hydrogens is 244 g/mol. The summed E-state index contributed by atoms with van der Waals surface area (Å²) in [5.74, 6) is -2.06. The maximum atomic E-state index is 11.7. The zero-order valence-corrected chi connectivity index (χ0v) is 11.4. The first-order valence-electron chi connectivity index (χ1n) is 6.52. The van der Waals surface area contributed by atoms with Crippen LogP contribution in [0.2, 0.25) is 0 Å². The van der Waals surface area contributed by atoms with Gasteiger partial charge >= 0.3 is 5.97 Å². The van der Waals surface area contributed by atoms with Gasteiger partial charge in [-0.05, 0) is 31.9 Å². The Morgan fingerprint density at radius 1 is 1.42 bits per heavy atom. The fraction of sp³-hybridized carbons (Fsp3) is 0.533. The normalized spacial score (nSPS) is 41.3. The number of rotatable bonds is 0. The van der Waals surface area contributed by atoms with Crippen LogP contribution in [0, 0.1) is 5.41 Å². The second kappa shape index (κ2) is 3.58. The fourth-order valence-electron chi connectivity index (χ4n) is 3.46. The van der Waals surface area contributed by atoms with Crippen LogP contribution in [0.15, 0.2) is 34.4 Å². The number of carbonyl (C=O) groups excluding carboxylic acids is 1. The van der Waals surface area contributed by atoms with E-state index in [0.29, 0.717) is 17.6 Å². The molecule has 19 heavy (non-hydrogen) atoms. The van der Waals surface area contributed by atoms with Crippen molar-refractivity contribution >= 4 is 5.97 Å². The van der Waals surface area contributed by atoms with Crippen LogP contribution in [0.5, 0.6) is 0 Å². The van der Waals surface area contributed by atoms with Crippen molar-refractivity contribution in [2.24, 2.45) is 5.41 Å². The van der Waals surface area contributed by atoms with Gasteiger partial charge in [0.05, 0.1) is 6.10 Å². The van der Waals surface area contributed by atoms with Crippen LogP contribution in [0.25, 0.3) is 0 Å². The standard InChI is InChI=1S/C15H18O4/c1-8-4-5-12(16)14(3)7-15(18)11(6-10(8)14)9(2)13(17)19-15/h4,6,12,16,18H,5,7H2,1-3H3. The van der Waals surface area contributed by atoms with Gasteiger partial charge in [-0.15, -0.1) is 0 Å². The molecule has 0 aromatic rings. The highest BCUT2D eigenvalue weighted by molar-refractivity contribution is 5.93. The molecule has 4 nitrogen and oxygen atoms in total. The molecule has 0 aromatic carbocycles. The Morgan fingerprint density at radius 2 is 2.11 bits per heavy atom. The van der Waals surface area contributed by atoms with Crippen LogP contribution >= 0.6 is 0 Å². The van der Waals surface area contributed by atoms with Crippen LogP contribution in [0.4, 0.5) is 0 Å². The second-order valence-corrected chi connectivity index (χ2v) is 6.00. The van der Waals surface area contributed by atoms with Crippen molar-refractivity contribution < 1.29 is 19.7 Å². The molecule has 1 aliphatic heterocycles. The number of aliphatic hydroxyl groups excluding tert-OH is 1. The summed E-state index contributed by atoms with van der Waals surface area (Å²) < 4.78 is 5.13. The lowest BCUT2D eigenvalue weighted by Crippen LogP contribution is -2.48. The quantitative estimate of drug-likeness (QED) is 0.651. The van der Waals surface area contributed by atoms with Gasteiger partial charge in [0.15, 0.2) is 0 Å². The van der Waals surface area contributed by atoms with Crippen molar-refractivity contribution in [3.05, 3.63) is 34.4 Å². The van der Waals surface area contributed by atoms with Gasteiger partial charge in [-0.2, -0.15) is 0 Å². The van der Waals surface area contributed by atoms with E-state index in [0.717, 1.165) is 11.1 Å². The molecule has 2 aliphatic carbocycles. The third-order valence-corrected chi connectivity index (χ3v) is 4.71. The average Bonchev–Trinajstić information content (AvgIpc) is 2.53. The van der Waals surface area contributed by atoms with E-state index in [4.69, 9.17) is 4.74 Å². The third kappa shape index (κ3) is 1.50. The van der Waals surface area contributed by atoms with E-state index in [1.165, 1.54) is 0 Å². The lowest BCUT2D eigenvalue weighted by molar-refractivity contribution is -0.195. The molecule has 102 valence electrons. The molecule has 2 N–H and O–H groups in total. The summed E-state index contributed by atoms with van der Waals surface area (Å²) in [5, 5.41) is 20.9. The molecule has 0 fully saturated rings. The number of hydrogen-bond acceptors (Lipinski definition) is 4. The van der Waals surface area contributed by atoms with Crippen molar-refractivity contribution in [1.82, 2.24) is 0 Å². The number of allylic oxidation sites excluding steroid dienone is 1. The Balaban J connectivity index is 2.22. The Morgan fingerprint density at radius 3 is 2.79 bits per heavy atom. The highest BCUT2D eigenvalue weighted by Crippen LogP contribution is 2.54. The Labute approximate surface area is 112 Å². The Hall–Kier alpha value is -1.39. The monoisotopic (exact) mass is 262 g/mol. The lowest BCUT2D eigenvalue weighted by atomic mass is 9.62. The molecule has 0 amide bonds. The summed E-state index contributed by atoms with van der Waals surface area (Å²) in [7, 11) is 0. The van der Waals surface area contributed by atoms with E-state index in [9.17, 15) is 15.0 Å². The predicted octanol–water partition coefficient (Wildman–Crippen LogP) is 1.60. The lowest BCUT2D eigenvalue weighted by Gasteiger charge is -2.47. The van der Waals surface area contributed by atoms with Crippen LogP contribution in [0.3, 0.4) is 0 Å². The van der Waals surface area contributed by atoms with Crippen molar-refractivity contribution in [1.29, 1.82) is 0 Å². The van der Waals surface area contributed by atoms with Crippen LogP contribution in [-0.2, 0) is 9.53 Å². The molecule has 0 saturated carbocycles. The van der Waals surface area contributed by atoms with E-state index in [2.05, 4.69) is 0 Å². The summed E-state index contributed by atoms with van der Waals surface area (Å²) >= 11 is 0. The number of aliphatic hydroxyl groups is 2. The summed E-state index contributed by atoms with van der Waals surface area (Å²) in [4.78, 5) is 11.7. The molecule has 3 aliphatic rings. The first kappa shape index (κ1) is 12.6. The summed E-state index contributed by atoms with van der Waals surface area (Å²) in [6.45, 7) is 5.57. The summed E-state index contributed by atoms with van der Waals surface area (Å²) in [6, 6.07) is 0. The maximum Gasteiger partial charge on any atom is 0.337 e. The van der Waals surface area contributed by atoms with E-state index in [1.807, 2.05) is 26.0 Å². The van der Waals surface area contributed by atoms with Gasteiger partial charge < -0.3 is 14.9 Å². The van der Waals surface area contributed by atoms with E-state index >= 15 is 0 Å². The molecule has 3 unspecified atom stereocenters. The zero-order chi connectivity index (χ0) is 14.0.